The van der Waals surface area contributed by atoms with Crippen LogP contribution in [0.25, 0.3) is 0 Å². The van der Waals surface area contributed by atoms with Gasteiger partial charge in [-0.25, -0.2) is 19.2 Å². The first-order chi connectivity index (χ1) is 12.4. The topological polar surface area (TPSA) is 86.7 Å². The van der Waals surface area contributed by atoms with E-state index in [0.717, 1.165) is 11.1 Å². The normalized spacial score (nSPS) is 15.2. The molecule has 0 spiro atoms. The predicted molar refractivity (Wildman–Crippen MR) is 88.9 cm³/mol. The molecule has 0 saturated carbocycles. The van der Waals surface area contributed by atoms with Gasteiger partial charge in [0.05, 0.1) is 22.3 Å². The van der Waals surface area contributed by atoms with Crippen LogP contribution in [-0.2, 0) is 22.3 Å². The minimum absolute atomic E-state index is 0.215. The lowest BCUT2D eigenvalue weighted by Gasteiger charge is -2.12. The third-order valence-corrected chi connectivity index (χ3v) is 4.59. The molecule has 0 unspecified atom stereocenters. The Balaban J connectivity index is 1.49. The van der Waals surface area contributed by atoms with Crippen molar-refractivity contribution < 1.29 is 28.7 Å². The van der Waals surface area contributed by atoms with Gasteiger partial charge >= 0.3 is 23.9 Å². The van der Waals surface area contributed by atoms with Gasteiger partial charge in [-0.05, 0) is 54.2 Å². The van der Waals surface area contributed by atoms with Crippen molar-refractivity contribution >= 4 is 23.9 Å². The molecule has 0 amide bonds. The molecule has 4 rings (SSSR count). The zero-order valence-corrected chi connectivity index (χ0v) is 13.9. The molecule has 26 heavy (non-hydrogen) atoms. The Labute approximate surface area is 148 Å². The Kier molecular flexibility index (Phi) is 3.68. The summed E-state index contributed by atoms with van der Waals surface area (Å²) in [5.41, 5.74) is 3.07. The van der Waals surface area contributed by atoms with E-state index < -0.39 is 23.9 Å². The Morgan fingerprint density at radius 3 is 1.46 bits per heavy atom. The van der Waals surface area contributed by atoms with Crippen molar-refractivity contribution in [3.63, 3.8) is 0 Å². The highest BCUT2D eigenvalue weighted by atomic mass is 16.6. The maximum atomic E-state index is 11.7. The van der Waals surface area contributed by atoms with E-state index in [2.05, 4.69) is 9.47 Å². The maximum absolute atomic E-state index is 11.7. The fraction of sp³-hybridized carbons (Fsp3) is 0.200. The lowest BCUT2D eigenvalue weighted by atomic mass is 9.91. The van der Waals surface area contributed by atoms with E-state index in [1.54, 1.807) is 24.3 Å². The Bertz CT molecular complexity index is 908. The fourth-order valence-corrected chi connectivity index (χ4v) is 3.40. The van der Waals surface area contributed by atoms with Crippen LogP contribution in [0.15, 0.2) is 36.4 Å². The van der Waals surface area contributed by atoms with Gasteiger partial charge in [-0.2, -0.15) is 0 Å². The van der Waals surface area contributed by atoms with Crippen molar-refractivity contribution in [2.24, 2.45) is 5.92 Å². The summed E-state index contributed by atoms with van der Waals surface area (Å²) in [5, 5.41) is 0. The average Bonchev–Trinajstić information content (AvgIpc) is 3.03. The summed E-state index contributed by atoms with van der Waals surface area (Å²) in [7, 11) is 0. The summed E-state index contributed by atoms with van der Waals surface area (Å²) in [6.45, 7) is 2.05. The largest absolute Gasteiger partial charge is 0.386 e. The monoisotopic (exact) mass is 350 g/mol. The molecule has 0 N–H and O–H groups in total. The molecule has 2 aromatic carbocycles. The third kappa shape index (κ3) is 2.69. The molecule has 0 fully saturated rings. The summed E-state index contributed by atoms with van der Waals surface area (Å²) in [4.78, 5) is 46.3. The molecular formula is C20H14O6. The van der Waals surface area contributed by atoms with Gasteiger partial charge in [0.15, 0.2) is 0 Å². The molecule has 0 saturated heterocycles. The van der Waals surface area contributed by atoms with Gasteiger partial charge in [0.2, 0.25) is 0 Å². The Morgan fingerprint density at radius 2 is 1.04 bits per heavy atom. The van der Waals surface area contributed by atoms with Crippen LogP contribution in [0, 0.1) is 5.92 Å². The minimum Gasteiger partial charge on any atom is -0.386 e. The van der Waals surface area contributed by atoms with Crippen LogP contribution in [0.1, 0.15) is 59.5 Å². The fourth-order valence-electron chi connectivity index (χ4n) is 3.40. The number of esters is 4. The van der Waals surface area contributed by atoms with E-state index in [1.807, 2.05) is 19.1 Å². The Morgan fingerprint density at radius 1 is 0.654 bits per heavy atom. The van der Waals surface area contributed by atoms with Gasteiger partial charge in [-0.15, -0.1) is 0 Å². The number of cyclic esters (lactones) is 4. The highest BCUT2D eigenvalue weighted by Crippen LogP contribution is 2.25. The van der Waals surface area contributed by atoms with Crippen LogP contribution >= 0.6 is 0 Å². The first-order valence-corrected chi connectivity index (χ1v) is 8.21. The standard InChI is InChI=1S/C20H14O6/c1-10(6-11-2-4-13-15(8-11)19(23)25-17(13)21)7-12-3-5-14-16(9-12)20(24)26-18(14)22/h2-5,8-10H,6-7H2,1H3. The number of ether oxygens (including phenoxy) is 2. The highest BCUT2D eigenvalue weighted by Gasteiger charge is 2.30. The van der Waals surface area contributed by atoms with Gasteiger partial charge in [-0.3, -0.25) is 0 Å². The molecule has 130 valence electrons. The number of fused-ring (bicyclic) bond motifs is 2. The summed E-state index contributed by atoms with van der Waals surface area (Å²) in [6, 6.07) is 10.2. The highest BCUT2D eigenvalue weighted by molar-refractivity contribution is 6.15. The van der Waals surface area contributed by atoms with Crippen molar-refractivity contribution in [2.45, 2.75) is 19.8 Å². The van der Waals surface area contributed by atoms with Crippen molar-refractivity contribution in [1.29, 1.82) is 0 Å². The summed E-state index contributed by atoms with van der Waals surface area (Å²) in [6.07, 6.45) is 1.38. The van der Waals surface area contributed by atoms with Crippen LogP contribution < -0.4 is 0 Å². The van der Waals surface area contributed by atoms with Crippen molar-refractivity contribution in [2.75, 3.05) is 0 Å². The van der Waals surface area contributed by atoms with E-state index in [1.165, 1.54) is 0 Å². The zero-order valence-electron chi connectivity index (χ0n) is 13.9. The second kappa shape index (κ2) is 5.91. The number of hydrogen-bond donors (Lipinski definition) is 0. The van der Waals surface area contributed by atoms with Gasteiger partial charge in [0.25, 0.3) is 0 Å². The number of hydrogen-bond acceptors (Lipinski definition) is 6. The lowest BCUT2D eigenvalue weighted by molar-refractivity contribution is 0.0425. The molecular weight excluding hydrogens is 336 g/mol. The van der Waals surface area contributed by atoms with Crippen molar-refractivity contribution in [1.82, 2.24) is 0 Å². The van der Waals surface area contributed by atoms with Gasteiger partial charge in [0, 0.05) is 0 Å². The minimum atomic E-state index is -0.610. The molecule has 0 radical (unpaired) electrons. The van der Waals surface area contributed by atoms with Crippen LogP contribution in [0.2, 0.25) is 0 Å². The first kappa shape index (κ1) is 16.2. The van der Waals surface area contributed by atoms with Crippen molar-refractivity contribution in [3.8, 4) is 0 Å². The van der Waals surface area contributed by atoms with Crippen LogP contribution in [0.5, 0.6) is 0 Å². The zero-order chi connectivity index (χ0) is 18.4. The van der Waals surface area contributed by atoms with E-state index in [-0.39, 0.29) is 5.92 Å². The quantitative estimate of drug-likeness (QED) is 0.622. The van der Waals surface area contributed by atoms with Crippen molar-refractivity contribution in [3.05, 3.63) is 69.8 Å². The molecule has 2 heterocycles. The summed E-state index contributed by atoms with van der Waals surface area (Å²) < 4.78 is 9.20. The first-order valence-electron chi connectivity index (χ1n) is 8.21. The second-order valence-electron chi connectivity index (χ2n) is 6.63. The molecule has 0 bridgehead atoms. The van der Waals surface area contributed by atoms with Gasteiger partial charge < -0.3 is 9.47 Å². The number of carbonyl (C=O) groups is 4. The van der Waals surface area contributed by atoms with Gasteiger partial charge in [-0.1, -0.05) is 19.1 Å². The van der Waals surface area contributed by atoms with Crippen LogP contribution in [0.3, 0.4) is 0 Å². The van der Waals surface area contributed by atoms with E-state index >= 15 is 0 Å². The number of benzene rings is 2. The summed E-state index contributed by atoms with van der Waals surface area (Å²) >= 11 is 0. The molecule has 0 aromatic heterocycles. The molecule has 0 atom stereocenters. The second-order valence-corrected chi connectivity index (χ2v) is 6.63. The van der Waals surface area contributed by atoms with E-state index in [4.69, 9.17) is 0 Å². The average molecular weight is 350 g/mol. The predicted octanol–water partition coefficient (Wildman–Crippen LogP) is 2.73. The molecule has 0 aliphatic carbocycles. The van der Waals surface area contributed by atoms with Gasteiger partial charge in [0.1, 0.15) is 0 Å². The SMILES string of the molecule is CC(Cc1ccc2c(c1)C(=O)OC2=O)Cc1ccc2c(c1)C(=O)OC2=O. The maximum Gasteiger partial charge on any atom is 0.346 e. The molecule has 2 aromatic rings. The smallest absolute Gasteiger partial charge is 0.346 e. The van der Waals surface area contributed by atoms with Crippen LogP contribution in [0.4, 0.5) is 0 Å². The van der Waals surface area contributed by atoms with E-state index in [9.17, 15) is 19.2 Å². The molecule has 2 aliphatic heterocycles. The summed E-state index contributed by atoms with van der Waals surface area (Å²) in [5.74, 6) is -2.22. The molecule has 2 aliphatic rings. The van der Waals surface area contributed by atoms with E-state index in [0.29, 0.717) is 35.1 Å². The molecule has 6 heteroatoms. The lowest BCUT2D eigenvalue weighted by Crippen LogP contribution is -2.06. The Hall–Kier alpha value is -3.28. The third-order valence-electron chi connectivity index (χ3n) is 4.59. The number of carbonyl (C=O) groups excluding carboxylic acids is 4. The molecule has 6 nitrogen and oxygen atoms in total. The van der Waals surface area contributed by atoms with Crippen LogP contribution in [-0.4, -0.2) is 23.9 Å². The number of rotatable bonds is 4.